The Hall–Kier alpha value is -0.860. The van der Waals surface area contributed by atoms with Crippen molar-refractivity contribution in [3.05, 3.63) is 35.4 Å². The quantitative estimate of drug-likeness (QED) is 0.893. The van der Waals surface area contributed by atoms with Crippen molar-refractivity contribution in [1.82, 2.24) is 10.2 Å². The minimum atomic E-state index is 0.746. The molecule has 0 aliphatic carbocycles. The first kappa shape index (κ1) is 13.1. The number of aryl methyl sites for hydroxylation is 1. The van der Waals surface area contributed by atoms with E-state index in [1.165, 1.54) is 36.8 Å². The van der Waals surface area contributed by atoms with Gasteiger partial charge in [-0.05, 0) is 50.3 Å². The number of fused-ring (bicyclic) bond motifs is 2. The third kappa shape index (κ3) is 2.70. The second-order valence-electron chi connectivity index (χ2n) is 6.18. The van der Waals surface area contributed by atoms with Crippen molar-refractivity contribution in [3.8, 4) is 0 Å². The third-order valence-corrected chi connectivity index (χ3v) is 5.09. The second kappa shape index (κ2) is 5.64. The molecule has 1 N–H and O–H groups in total. The van der Waals surface area contributed by atoms with Gasteiger partial charge < -0.3 is 5.32 Å². The van der Waals surface area contributed by atoms with Crippen molar-refractivity contribution in [2.24, 2.45) is 0 Å². The Morgan fingerprint density at radius 2 is 1.63 bits per heavy atom. The molecule has 2 atom stereocenters. The molecule has 2 aliphatic rings. The predicted octanol–water partition coefficient (Wildman–Crippen LogP) is 2.96. The summed E-state index contributed by atoms with van der Waals surface area (Å²) in [7, 11) is 2.11. The van der Waals surface area contributed by atoms with Gasteiger partial charge in [0.15, 0.2) is 0 Å². The van der Waals surface area contributed by atoms with Crippen molar-refractivity contribution < 1.29 is 0 Å². The van der Waals surface area contributed by atoms with Crippen molar-refractivity contribution >= 4 is 0 Å². The van der Waals surface area contributed by atoms with E-state index in [0.717, 1.165) is 31.1 Å². The molecule has 2 bridgehead atoms. The number of nitrogens with one attached hydrogen (secondary N) is 1. The highest BCUT2D eigenvalue weighted by molar-refractivity contribution is 5.23. The van der Waals surface area contributed by atoms with Crippen molar-refractivity contribution in [2.45, 2.75) is 63.7 Å². The van der Waals surface area contributed by atoms with Gasteiger partial charge in [0, 0.05) is 24.7 Å². The van der Waals surface area contributed by atoms with Gasteiger partial charge in [0.25, 0.3) is 0 Å². The monoisotopic (exact) mass is 258 g/mol. The molecule has 0 amide bonds. The van der Waals surface area contributed by atoms with Gasteiger partial charge in [-0.1, -0.05) is 31.2 Å². The van der Waals surface area contributed by atoms with Crippen LogP contribution in [0, 0.1) is 0 Å². The molecule has 19 heavy (non-hydrogen) atoms. The lowest BCUT2D eigenvalue weighted by atomic mass is 9.96. The molecule has 1 aromatic rings. The molecule has 2 nitrogen and oxygen atoms in total. The van der Waals surface area contributed by atoms with Crippen LogP contribution in [0.2, 0.25) is 0 Å². The van der Waals surface area contributed by atoms with Gasteiger partial charge in [-0.3, -0.25) is 4.90 Å². The molecule has 2 heterocycles. The maximum atomic E-state index is 3.48. The molecule has 3 rings (SSSR count). The Kier molecular flexibility index (Phi) is 3.90. The lowest BCUT2D eigenvalue weighted by Crippen LogP contribution is -2.47. The van der Waals surface area contributed by atoms with E-state index in [2.05, 4.69) is 48.5 Å². The van der Waals surface area contributed by atoms with Crippen LogP contribution in [0.1, 0.15) is 43.7 Å². The maximum absolute atomic E-state index is 3.48. The van der Waals surface area contributed by atoms with Gasteiger partial charge in [-0.15, -0.1) is 0 Å². The summed E-state index contributed by atoms with van der Waals surface area (Å²) in [5.41, 5.74) is 2.93. The maximum Gasteiger partial charge on any atom is 0.0239 e. The Bertz CT molecular complexity index is 398. The molecule has 104 valence electrons. The zero-order valence-electron chi connectivity index (χ0n) is 12.2. The summed E-state index contributed by atoms with van der Waals surface area (Å²) < 4.78 is 0. The van der Waals surface area contributed by atoms with Crippen LogP contribution in [0.4, 0.5) is 0 Å². The van der Waals surface area contributed by atoms with Crippen LogP contribution >= 0.6 is 0 Å². The summed E-state index contributed by atoms with van der Waals surface area (Å²) in [4.78, 5) is 2.76. The Morgan fingerprint density at radius 1 is 1.05 bits per heavy atom. The second-order valence-corrected chi connectivity index (χ2v) is 6.18. The first-order valence-electron chi connectivity index (χ1n) is 7.81. The Balaban J connectivity index is 1.67. The summed E-state index contributed by atoms with van der Waals surface area (Å²) >= 11 is 0. The standard InChI is InChI=1S/C17H26N2/c1-3-13-4-6-14(7-5-13)12-19-16-8-9-17(19)11-15(10-16)18-2/h4-7,15-18H,3,8-12H2,1-2H3. The molecule has 0 spiro atoms. The predicted molar refractivity (Wildman–Crippen MR) is 80.3 cm³/mol. The number of benzene rings is 1. The third-order valence-electron chi connectivity index (χ3n) is 5.09. The van der Waals surface area contributed by atoms with E-state index in [9.17, 15) is 0 Å². The van der Waals surface area contributed by atoms with Gasteiger partial charge in [0.2, 0.25) is 0 Å². The van der Waals surface area contributed by atoms with Gasteiger partial charge in [0.1, 0.15) is 0 Å². The van der Waals surface area contributed by atoms with E-state index in [-0.39, 0.29) is 0 Å². The van der Waals surface area contributed by atoms with Crippen molar-refractivity contribution in [3.63, 3.8) is 0 Å². The minimum absolute atomic E-state index is 0.746. The van der Waals surface area contributed by atoms with E-state index < -0.39 is 0 Å². The lowest BCUT2D eigenvalue weighted by Gasteiger charge is -2.39. The normalized spacial score (nSPS) is 30.7. The van der Waals surface area contributed by atoms with Crippen LogP contribution in [0.3, 0.4) is 0 Å². The van der Waals surface area contributed by atoms with Gasteiger partial charge in [-0.2, -0.15) is 0 Å². The molecule has 2 heteroatoms. The van der Waals surface area contributed by atoms with Crippen LogP contribution in [-0.4, -0.2) is 30.1 Å². The molecule has 0 radical (unpaired) electrons. The van der Waals surface area contributed by atoms with E-state index in [4.69, 9.17) is 0 Å². The fourth-order valence-electron chi connectivity index (χ4n) is 3.86. The summed E-state index contributed by atoms with van der Waals surface area (Å²) in [6, 6.07) is 11.6. The number of nitrogens with zero attached hydrogens (tertiary/aromatic N) is 1. The molecule has 1 aromatic carbocycles. The topological polar surface area (TPSA) is 15.3 Å². The first-order valence-corrected chi connectivity index (χ1v) is 7.81. The highest BCUT2D eigenvalue weighted by Gasteiger charge is 2.39. The van der Waals surface area contributed by atoms with Crippen molar-refractivity contribution in [1.29, 1.82) is 0 Å². The highest BCUT2D eigenvalue weighted by atomic mass is 15.2. The Labute approximate surface area is 117 Å². The van der Waals surface area contributed by atoms with Crippen molar-refractivity contribution in [2.75, 3.05) is 7.05 Å². The van der Waals surface area contributed by atoms with Crippen LogP contribution in [0.5, 0.6) is 0 Å². The van der Waals surface area contributed by atoms with E-state index in [0.29, 0.717) is 0 Å². The highest BCUT2D eigenvalue weighted by Crippen LogP contribution is 2.36. The molecule has 2 fully saturated rings. The number of piperidine rings is 1. The molecule has 0 aromatic heterocycles. The summed E-state index contributed by atoms with van der Waals surface area (Å²) in [5, 5.41) is 3.48. The average molecular weight is 258 g/mol. The van der Waals surface area contributed by atoms with Crippen LogP contribution in [0.25, 0.3) is 0 Å². The van der Waals surface area contributed by atoms with Gasteiger partial charge in [-0.25, -0.2) is 0 Å². The van der Waals surface area contributed by atoms with Crippen LogP contribution in [-0.2, 0) is 13.0 Å². The number of rotatable bonds is 4. The van der Waals surface area contributed by atoms with E-state index in [1.807, 2.05) is 0 Å². The fraction of sp³-hybridized carbons (Fsp3) is 0.647. The summed E-state index contributed by atoms with van der Waals surface area (Å²) in [6.45, 7) is 3.37. The molecule has 2 unspecified atom stereocenters. The Morgan fingerprint density at radius 3 is 2.16 bits per heavy atom. The van der Waals surface area contributed by atoms with Gasteiger partial charge in [0.05, 0.1) is 0 Å². The van der Waals surface area contributed by atoms with E-state index >= 15 is 0 Å². The zero-order chi connectivity index (χ0) is 13.2. The summed E-state index contributed by atoms with van der Waals surface area (Å²) in [6.07, 6.45) is 6.60. The smallest absolute Gasteiger partial charge is 0.0239 e. The number of hydrogen-bond acceptors (Lipinski definition) is 2. The molecule has 0 saturated carbocycles. The molecular weight excluding hydrogens is 232 g/mol. The summed E-state index contributed by atoms with van der Waals surface area (Å²) in [5.74, 6) is 0. The fourth-order valence-corrected chi connectivity index (χ4v) is 3.86. The van der Waals surface area contributed by atoms with Crippen LogP contribution in [0.15, 0.2) is 24.3 Å². The van der Waals surface area contributed by atoms with Gasteiger partial charge >= 0.3 is 0 Å². The first-order chi connectivity index (χ1) is 9.30. The molecule has 2 saturated heterocycles. The molecular formula is C17H26N2. The minimum Gasteiger partial charge on any atom is -0.317 e. The number of hydrogen-bond donors (Lipinski definition) is 1. The molecule has 2 aliphatic heterocycles. The SMILES string of the molecule is CCc1ccc(CN2C3CCC2CC(NC)C3)cc1. The average Bonchev–Trinajstić information content (AvgIpc) is 2.70. The largest absolute Gasteiger partial charge is 0.317 e. The van der Waals surface area contributed by atoms with Crippen LogP contribution < -0.4 is 5.32 Å². The zero-order valence-corrected chi connectivity index (χ0v) is 12.2. The lowest BCUT2D eigenvalue weighted by molar-refractivity contribution is 0.111. The van der Waals surface area contributed by atoms with E-state index in [1.54, 1.807) is 0 Å².